The van der Waals surface area contributed by atoms with E-state index in [0.717, 1.165) is 35.6 Å². The van der Waals surface area contributed by atoms with E-state index in [1.165, 1.54) is 24.7 Å². The van der Waals surface area contributed by atoms with Crippen LogP contribution >= 0.6 is 0 Å². The predicted octanol–water partition coefficient (Wildman–Crippen LogP) is 4.69. The molecule has 0 saturated carbocycles. The number of hydrogen-bond donors (Lipinski definition) is 2. The van der Waals surface area contributed by atoms with Crippen molar-refractivity contribution in [3.8, 4) is 0 Å². The summed E-state index contributed by atoms with van der Waals surface area (Å²) in [6.45, 7) is 6.21. The second kappa shape index (κ2) is 8.31. The van der Waals surface area contributed by atoms with Crippen molar-refractivity contribution in [2.45, 2.75) is 26.7 Å². The van der Waals surface area contributed by atoms with E-state index < -0.39 is 0 Å². The molecule has 6 heteroatoms. The molecule has 0 radical (unpaired) electrons. The van der Waals surface area contributed by atoms with Crippen LogP contribution in [0.15, 0.2) is 54.9 Å². The maximum Gasteiger partial charge on any atom is 0.275 e. The SMILES string of the molecule is Cc1ccc(C)c(NC(=O)c2cnc(Nc3ccc(N4CCCC4)cc3)cn2)c1. The number of nitrogens with zero attached hydrogens (tertiary/aromatic N) is 3. The van der Waals surface area contributed by atoms with E-state index in [1.807, 2.05) is 44.2 Å². The number of hydrogen-bond acceptors (Lipinski definition) is 5. The topological polar surface area (TPSA) is 70.2 Å². The second-order valence-corrected chi connectivity index (χ2v) is 7.43. The molecular weight excluding hydrogens is 362 g/mol. The highest BCUT2D eigenvalue weighted by molar-refractivity contribution is 6.03. The van der Waals surface area contributed by atoms with Crippen molar-refractivity contribution < 1.29 is 4.79 Å². The zero-order valence-electron chi connectivity index (χ0n) is 16.8. The molecule has 0 spiro atoms. The highest BCUT2D eigenvalue weighted by Crippen LogP contribution is 2.23. The van der Waals surface area contributed by atoms with Gasteiger partial charge in [0.2, 0.25) is 0 Å². The Morgan fingerprint density at radius 3 is 2.41 bits per heavy atom. The molecule has 4 rings (SSSR count). The van der Waals surface area contributed by atoms with Gasteiger partial charge in [0, 0.05) is 30.2 Å². The highest BCUT2D eigenvalue weighted by atomic mass is 16.1. The zero-order chi connectivity index (χ0) is 20.2. The van der Waals surface area contributed by atoms with Crippen molar-refractivity contribution in [1.29, 1.82) is 0 Å². The molecule has 6 nitrogen and oxygen atoms in total. The Balaban J connectivity index is 1.39. The molecule has 2 N–H and O–H groups in total. The van der Waals surface area contributed by atoms with Crippen LogP contribution in [0.4, 0.5) is 22.9 Å². The Kier molecular flexibility index (Phi) is 5.42. The molecule has 2 aromatic carbocycles. The number of benzene rings is 2. The summed E-state index contributed by atoms with van der Waals surface area (Å²) in [6, 6.07) is 14.3. The molecule has 0 atom stereocenters. The van der Waals surface area contributed by atoms with Gasteiger partial charge in [0.15, 0.2) is 0 Å². The van der Waals surface area contributed by atoms with Gasteiger partial charge in [-0.15, -0.1) is 0 Å². The number of aryl methyl sites for hydroxylation is 2. The molecule has 1 fully saturated rings. The summed E-state index contributed by atoms with van der Waals surface area (Å²) in [4.78, 5) is 23.5. The summed E-state index contributed by atoms with van der Waals surface area (Å²) in [5, 5.41) is 6.13. The minimum Gasteiger partial charge on any atom is -0.372 e. The van der Waals surface area contributed by atoms with Crippen LogP contribution in [0.25, 0.3) is 0 Å². The number of carbonyl (C=O) groups is 1. The van der Waals surface area contributed by atoms with Crippen LogP contribution in [0, 0.1) is 13.8 Å². The summed E-state index contributed by atoms with van der Waals surface area (Å²) in [7, 11) is 0. The number of carbonyl (C=O) groups excluding carboxylic acids is 1. The van der Waals surface area contributed by atoms with E-state index in [2.05, 4.69) is 37.6 Å². The van der Waals surface area contributed by atoms with Gasteiger partial charge in [-0.1, -0.05) is 12.1 Å². The lowest BCUT2D eigenvalue weighted by Crippen LogP contribution is -2.17. The molecule has 0 bridgehead atoms. The van der Waals surface area contributed by atoms with Crippen molar-refractivity contribution in [2.75, 3.05) is 28.6 Å². The van der Waals surface area contributed by atoms with E-state index in [-0.39, 0.29) is 11.6 Å². The molecule has 1 aliphatic heterocycles. The van der Waals surface area contributed by atoms with Gasteiger partial charge in [0.25, 0.3) is 5.91 Å². The van der Waals surface area contributed by atoms with Gasteiger partial charge in [0.05, 0.1) is 12.4 Å². The standard InChI is InChI=1S/C23H25N5O/c1-16-5-6-17(2)20(13-16)27-23(29)21-14-25-22(15-24-21)26-18-7-9-19(10-8-18)28-11-3-4-12-28/h5-10,13-15H,3-4,11-12H2,1-2H3,(H,25,26)(H,27,29). The maximum absolute atomic E-state index is 12.5. The average Bonchev–Trinajstić information content (AvgIpc) is 3.27. The van der Waals surface area contributed by atoms with E-state index >= 15 is 0 Å². The molecule has 1 aliphatic rings. The molecule has 1 amide bonds. The van der Waals surface area contributed by atoms with Gasteiger partial charge >= 0.3 is 0 Å². The van der Waals surface area contributed by atoms with Crippen molar-refractivity contribution in [3.05, 3.63) is 71.7 Å². The molecule has 29 heavy (non-hydrogen) atoms. The van der Waals surface area contributed by atoms with E-state index in [9.17, 15) is 4.79 Å². The molecule has 1 aromatic heterocycles. The molecular formula is C23H25N5O. The highest BCUT2D eigenvalue weighted by Gasteiger charge is 2.12. The third-order valence-corrected chi connectivity index (χ3v) is 5.14. The van der Waals surface area contributed by atoms with Gasteiger partial charge in [-0.05, 0) is 68.1 Å². The first kappa shape index (κ1) is 18.9. The van der Waals surface area contributed by atoms with Crippen LogP contribution < -0.4 is 15.5 Å². The minimum atomic E-state index is -0.271. The summed E-state index contributed by atoms with van der Waals surface area (Å²) >= 11 is 0. The van der Waals surface area contributed by atoms with Crippen LogP contribution in [0.2, 0.25) is 0 Å². The first-order valence-corrected chi connectivity index (χ1v) is 9.91. The molecule has 0 aliphatic carbocycles. The predicted molar refractivity (Wildman–Crippen MR) is 117 cm³/mol. The summed E-state index contributed by atoms with van der Waals surface area (Å²) in [5.41, 5.74) is 5.35. The summed E-state index contributed by atoms with van der Waals surface area (Å²) in [5.74, 6) is 0.329. The number of anilines is 4. The monoisotopic (exact) mass is 387 g/mol. The largest absolute Gasteiger partial charge is 0.372 e. The van der Waals surface area contributed by atoms with E-state index in [4.69, 9.17) is 0 Å². The van der Waals surface area contributed by atoms with Crippen LogP contribution in [0.5, 0.6) is 0 Å². The van der Waals surface area contributed by atoms with Gasteiger partial charge in [-0.3, -0.25) is 4.79 Å². The summed E-state index contributed by atoms with van der Waals surface area (Å²) < 4.78 is 0. The Bertz CT molecular complexity index is 993. The van der Waals surface area contributed by atoms with Crippen LogP contribution in [0.1, 0.15) is 34.5 Å². The van der Waals surface area contributed by atoms with E-state index in [1.54, 1.807) is 6.20 Å². The van der Waals surface area contributed by atoms with Crippen LogP contribution in [0.3, 0.4) is 0 Å². The van der Waals surface area contributed by atoms with Crippen LogP contribution in [-0.4, -0.2) is 29.0 Å². The van der Waals surface area contributed by atoms with Gasteiger partial charge < -0.3 is 15.5 Å². The average molecular weight is 387 g/mol. The fourth-order valence-electron chi connectivity index (χ4n) is 3.45. The fourth-order valence-corrected chi connectivity index (χ4v) is 3.45. The maximum atomic E-state index is 12.5. The smallest absolute Gasteiger partial charge is 0.275 e. The minimum absolute atomic E-state index is 0.271. The Morgan fingerprint density at radius 1 is 0.966 bits per heavy atom. The van der Waals surface area contributed by atoms with Crippen molar-refractivity contribution in [1.82, 2.24) is 9.97 Å². The Labute approximate surface area is 171 Å². The van der Waals surface area contributed by atoms with Crippen molar-refractivity contribution in [3.63, 3.8) is 0 Å². The first-order valence-electron chi connectivity index (χ1n) is 9.91. The third-order valence-electron chi connectivity index (χ3n) is 5.14. The summed E-state index contributed by atoms with van der Waals surface area (Å²) in [6.07, 6.45) is 5.59. The molecule has 1 saturated heterocycles. The van der Waals surface area contributed by atoms with Gasteiger partial charge in [-0.25, -0.2) is 9.97 Å². The Hall–Kier alpha value is -3.41. The lowest BCUT2D eigenvalue weighted by molar-refractivity contribution is 0.102. The fraction of sp³-hybridized carbons (Fsp3) is 0.261. The molecule has 2 heterocycles. The second-order valence-electron chi connectivity index (χ2n) is 7.43. The number of rotatable bonds is 5. The van der Waals surface area contributed by atoms with Gasteiger partial charge in [0.1, 0.15) is 11.5 Å². The number of nitrogens with one attached hydrogen (secondary N) is 2. The molecule has 148 valence electrons. The van der Waals surface area contributed by atoms with Crippen molar-refractivity contribution in [2.24, 2.45) is 0 Å². The number of amides is 1. The van der Waals surface area contributed by atoms with Crippen molar-refractivity contribution >= 4 is 28.8 Å². The molecule has 3 aromatic rings. The Morgan fingerprint density at radius 2 is 1.72 bits per heavy atom. The normalized spacial score (nSPS) is 13.4. The third kappa shape index (κ3) is 4.54. The lowest BCUT2D eigenvalue weighted by Gasteiger charge is -2.17. The zero-order valence-corrected chi connectivity index (χ0v) is 16.8. The molecule has 0 unspecified atom stereocenters. The quantitative estimate of drug-likeness (QED) is 0.665. The number of aromatic nitrogens is 2. The lowest BCUT2D eigenvalue weighted by atomic mass is 10.1. The first-order chi connectivity index (χ1) is 14.1. The van der Waals surface area contributed by atoms with E-state index in [0.29, 0.717) is 5.82 Å². The van der Waals surface area contributed by atoms with Crippen LogP contribution in [-0.2, 0) is 0 Å². The van der Waals surface area contributed by atoms with Gasteiger partial charge in [-0.2, -0.15) is 0 Å².